The van der Waals surface area contributed by atoms with E-state index in [-0.39, 0.29) is 29.3 Å². The number of nitrogens with zero attached hydrogens (tertiary/aromatic N) is 6. The lowest BCUT2D eigenvalue weighted by Crippen LogP contribution is -2.56. The van der Waals surface area contributed by atoms with Gasteiger partial charge in [0.25, 0.3) is 5.91 Å². The van der Waals surface area contributed by atoms with E-state index in [9.17, 15) is 9.59 Å². The first-order valence-corrected chi connectivity index (χ1v) is 17.6. The molecule has 0 unspecified atom stereocenters. The highest BCUT2D eigenvalue weighted by Crippen LogP contribution is 2.47. The normalized spacial score (nSPS) is 20.0. The Bertz CT molecular complexity index is 1630. The number of halogens is 1. The van der Waals surface area contributed by atoms with E-state index in [0.29, 0.717) is 41.7 Å². The topological polar surface area (TPSA) is 109 Å². The van der Waals surface area contributed by atoms with Crippen molar-refractivity contribution in [2.24, 2.45) is 11.3 Å². The minimum atomic E-state index is -0.362. The summed E-state index contributed by atoms with van der Waals surface area (Å²) in [5, 5.41) is 13.7. The second-order valence-electron chi connectivity index (χ2n) is 13.8. The first-order valence-electron chi connectivity index (χ1n) is 17.2. The van der Waals surface area contributed by atoms with Crippen molar-refractivity contribution in [3.63, 3.8) is 0 Å². The summed E-state index contributed by atoms with van der Waals surface area (Å²) in [6.07, 6.45) is 13.9. The molecule has 2 amide bonds. The quantitative estimate of drug-likeness (QED) is 0.244. The van der Waals surface area contributed by atoms with Crippen molar-refractivity contribution >= 4 is 34.3 Å². The number of piperidine rings is 2. The summed E-state index contributed by atoms with van der Waals surface area (Å²) >= 11 is 6.19. The minimum Gasteiger partial charge on any atom is -0.350 e. The number of rotatable bonds is 9. The van der Waals surface area contributed by atoms with Crippen molar-refractivity contribution in [1.29, 1.82) is 0 Å². The average Bonchev–Trinajstić information content (AvgIpc) is 3.80. The van der Waals surface area contributed by atoms with Gasteiger partial charge in [0.15, 0.2) is 0 Å². The Morgan fingerprint density at radius 3 is 2.40 bits per heavy atom. The highest BCUT2D eigenvalue weighted by molar-refractivity contribution is 6.30. The molecule has 1 saturated carbocycles. The Balaban J connectivity index is 1.02. The van der Waals surface area contributed by atoms with Crippen molar-refractivity contribution in [2.75, 3.05) is 26.2 Å². The maximum Gasteiger partial charge on any atom is 0.293 e. The lowest BCUT2D eigenvalue weighted by Gasteiger charge is -2.48. The highest BCUT2D eigenvalue weighted by Gasteiger charge is 2.44. The number of nitrogens with one attached hydrogen (secondary N) is 1. The molecule has 2 saturated heterocycles. The molecule has 7 rings (SSSR count). The van der Waals surface area contributed by atoms with Gasteiger partial charge >= 0.3 is 0 Å². The molecule has 0 radical (unpaired) electrons. The second-order valence-corrected chi connectivity index (χ2v) is 14.2. The number of hydrogen-bond acceptors (Lipinski definition) is 7. The van der Waals surface area contributed by atoms with Gasteiger partial charge in [0.05, 0.1) is 11.4 Å². The van der Waals surface area contributed by atoms with Crippen LogP contribution in [0.5, 0.6) is 0 Å². The number of aromatic nitrogens is 4. The van der Waals surface area contributed by atoms with Gasteiger partial charge < -0.3 is 19.6 Å². The van der Waals surface area contributed by atoms with Crippen LogP contribution in [0.4, 0.5) is 0 Å². The summed E-state index contributed by atoms with van der Waals surface area (Å²) in [6, 6.07) is 15.0. The molecule has 0 spiro atoms. The van der Waals surface area contributed by atoms with E-state index in [1.54, 1.807) is 6.33 Å². The van der Waals surface area contributed by atoms with Crippen LogP contribution >= 0.6 is 11.6 Å². The lowest BCUT2D eigenvalue weighted by molar-refractivity contribution is -0.137. The molecule has 4 aromatic rings. The summed E-state index contributed by atoms with van der Waals surface area (Å²) in [5.41, 5.74) is 1.89. The summed E-state index contributed by atoms with van der Waals surface area (Å²) in [6.45, 7) is 3.54. The Labute approximate surface area is 280 Å². The molecule has 2 aromatic carbocycles. The summed E-state index contributed by atoms with van der Waals surface area (Å²) in [7, 11) is 0. The van der Waals surface area contributed by atoms with E-state index in [1.807, 2.05) is 64.4 Å². The molecule has 2 aromatic heterocycles. The van der Waals surface area contributed by atoms with Crippen LogP contribution in [-0.2, 0) is 17.8 Å². The zero-order chi connectivity index (χ0) is 32.2. The fraction of sp³-hybridized carbons (Fsp3) is 0.528. The van der Waals surface area contributed by atoms with Crippen LogP contribution in [0.1, 0.15) is 73.9 Å². The first-order chi connectivity index (χ1) is 23.0. The van der Waals surface area contributed by atoms with Crippen LogP contribution in [0.3, 0.4) is 0 Å². The Morgan fingerprint density at radius 1 is 0.936 bits per heavy atom. The number of amides is 2. The molecule has 248 valence electrons. The maximum atomic E-state index is 14.3. The summed E-state index contributed by atoms with van der Waals surface area (Å²) in [5.74, 6) is 0.973. The molecule has 4 heterocycles. The molecule has 1 aliphatic carbocycles. The van der Waals surface area contributed by atoms with Crippen LogP contribution in [-0.4, -0.2) is 79.8 Å². The fourth-order valence-electron chi connectivity index (χ4n) is 8.23. The Kier molecular flexibility index (Phi) is 9.58. The number of benzene rings is 2. The fourth-order valence-corrected chi connectivity index (χ4v) is 8.36. The van der Waals surface area contributed by atoms with Crippen molar-refractivity contribution in [2.45, 2.75) is 82.8 Å². The van der Waals surface area contributed by atoms with E-state index in [1.165, 1.54) is 32.1 Å². The largest absolute Gasteiger partial charge is 0.350 e. The zero-order valence-corrected chi connectivity index (χ0v) is 27.7. The van der Waals surface area contributed by atoms with Gasteiger partial charge in [-0.25, -0.2) is 4.98 Å². The predicted molar refractivity (Wildman–Crippen MR) is 180 cm³/mol. The van der Waals surface area contributed by atoms with E-state index in [0.717, 1.165) is 56.3 Å². The van der Waals surface area contributed by atoms with Crippen molar-refractivity contribution in [3.8, 4) is 0 Å². The Hall–Kier alpha value is -3.76. The van der Waals surface area contributed by atoms with Gasteiger partial charge in [-0.15, -0.1) is 0 Å². The number of carbonyl (C=O) groups excluding carboxylic acids is 2. The molecular weight excluding hydrogens is 614 g/mol. The number of fused-ring (bicyclic) bond motifs is 1. The van der Waals surface area contributed by atoms with E-state index in [4.69, 9.17) is 16.1 Å². The van der Waals surface area contributed by atoms with Gasteiger partial charge in [-0.3, -0.25) is 14.3 Å². The van der Waals surface area contributed by atoms with Gasteiger partial charge in [-0.05, 0) is 86.1 Å². The van der Waals surface area contributed by atoms with Crippen LogP contribution in [0.2, 0.25) is 5.02 Å². The van der Waals surface area contributed by atoms with Crippen LogP contribution in [0, 0.1) is 11.3 Å². The van der Waals surface area contributed by atoms with Crippen LogP contribution in [0.25, 0.3) is 10.9 Å². The number of hydrogen-bond donors (Lipinski definition) is 1. The number of likely N-dealkylation sites (tertiary alicyclic amines) is 2. The highest BCUT2D eigenvalue weighted by atomic mass is 35.5. The second kappa shape index (κ2) is 14.2. The van der Waals surface area contributed by atoms with E-state index in [2.05, 4.69) is 25.5 Å². The smallest absolute Gasteiger partial charge is 0.293 e. The maximum absolute atomic E-state index is 14.3. The van der Waals surface area contributed by atoms with Gasteiger partial charge in [-0.2, -0.15) is 5.10 Å². The monoisotopic (exact) mass is 657 g/mol. The molecule has 0 bridgehead atoms. The van der Waals surface area contributed by atoms with Gasteiger partial charge in [-0.1, -0.05) is 60.3 Å². The summed E-state index contributed by atoms with van der Waals surface area (Å²) < 4.78 is 7.45. The average molecular weight is 658 g/mol. The first kappa shape index (κ1) is 31.8. The lowest BCUT2D eigenvalue weighted by atomic mass is 9.63. The third-order valence-corrected chi connectivity index (χ3v) is 11.2. The standard InChI is InChI=1S/C36H44ClN7O3/c37-28-12-10-26(11-13-28)22-32(40-29-14-18-42(19-15-29)35(46)33-30-8-4-5-9-31(30)41-47-33)34(45)43-20-16-36(17-21-43,23-44-25-38-24-39-44)27-6-2-1-3-7-27/h4-5,8-13,24-25,27,29,32,40H,1-3,6-7,14-23H2/t32-/m1/s1. The molecule has 2 aliphatic heterocycles. The Morgan fingerprint density at radius 2 is 1.68 bits per heavy atom. The van der Waals surface area contributed by atoms with Gasteiger partial charge in [0, 0.05) is 43.8 Å². The molecule has 3 fully saturated rings. The third-order valence-electron chi connectivity index (χ3n) is 10.9. The SMILES string of the molecule is O=C(c1onc2ccccc12)N1CCC(N[C@H](Cc2ccc(Cl)cc2)C(=O)N2CCC(Cn3cncn3)(C3CCCCC3)CC2)CC1. The predicted octanol–water partition coefficient (Wildman–Crippen LogP) is 5.77. The molecule has 1 atom stereocenters. The van der Waals surface area contributed by atoms with Crippen LogP contribution < -0.4 is 5.32 Å². The van der Waals surface area contributed by atoms with Crippen molar-refractivity contribution in [3.05, 3.63) is 77.5 Å². The van der Waals surface area contributed by atoms with Gasteiger partial charge in [0.2, 0.25) is 11.7 Å². The number of carbonyl (C=O) groups is 2. The van der Waals surface area contributed by atoms with Gasteiger partial charge in [0.1, 0.15) is 18.2 Å². The molecule has 1 N–H and O–H groups in total. The van der Waals surface area contributed by atoms with Crippen molar-refractivity contribution < 1.29 is 14.1 Å². The molecular formula is C36H44ClN7O3. The zero-order valence-electron chi connectivity index (χ0n) is 26.9. The molecule has 3 aliphatic rings. The molecule has 11 heteroatoms. The molecule has 10 nitrogen and oxygen atoms in total. The third kappa shape index (κ3) is 7.09. The minimum absolute atomic E-state index is 0.116. The van der Waals surface area contributed by atoms with E-state index < -0.39 is 0 Å². The molecule has 47 heavy (non-hydrogen) atoms. The van der Waals surface area contributed by atoms with Crippen LogP contribution in [0.15, 0.2) is 65.7 Å². The summed E-state index contributed by atoms with van der Waals surface area (Å²) in [4.78, 5) is 35.8. The van der Waals surface area contributed by atoms with Crippen molar-refractivity contribution in [1.82, 2.24) is 35.0 Å². The van der Waals surface area contributed by atoms with E-state index >= 15 is 0 Å².